The van der Waals surface area contributed by atoms with E-state index in [0.29, 0.717) is 16.7 Å². The van der Waals surface area contributed by atoms with Crippen LogP contribution in [0.2, 0.25) is 0 Å². The highest BCUT2D eigenvalue weighted by Gasteiger charge is 2.23. The molecule has 0 radical (unpaired) electrons. The topological polar surface area (TPSA) is 79.5 Å². The molecule has 0 spiro atoms. The molecule has 6 heteroatoms. The minimum atomic E-state index is -3.84. The maximum atomic E-state index is 12.3. The molecule has 1 rings (SSSR count). The van der Waals surface area contributed by atoms with E-state index < -0.39 is 10.0 Å². The van der Waals surface area contributed by atoms with Crippen LogP contribution in [0.1, 0.15) is 56.2 Å². The van der Waals surface area contributed by atoms with Gasteiger partial charge in [-0.25, -0.2) is 0 Å². The van der Waals surface area contributed by atoms with Crippen LogP contribution in [-0.4, -0.2) is 21.9 Å². The molecule has 0 atom stereocenters. The van der Waals surface area contributed by atoms with Crippen molar-refractivity contribution in [1.29, 1.82) is 5.26 Å². The molecule has 5 nitrogen and oxygen atoms in total. The third-order valence-electron chi connectivity index (χ3n) is 3.11. The molecule has 114 valence electrons. The van der Waals surface area contributed by atoms with Crippen LogP contribution in [0.15, 0.2) is 21.4 Å². The monoisotopic (exact) mass is 308 g/mol. The van der Waals surface area contributed by atoms with E-state index in [-0.39, 0.29) is 16.7 Å². The molecule has 0 N–H and O–H groups in total. The number of nitrogens with zero attached hydrogens (tertiary/aromatic N) is 2. The predicted molar refractivity (Wildman–Crippen MR) is 82.0 cm³/mol. The molecule has 0 aliphatic heterocycles. The van der Waals surface area contributed by atoms with Crippen LogP contribution < -0.4 is 0 Å². The summed E-state index contributed by atoms with van der Waals surface area (Å²) in [6.07, 6.45) is 0.896. The normalized spacial score (nSPS) is 12.1. The number of sulfonamides is 1. The number of benzene rings is 1. The Hall–Kier alpha value is -1.87. The van der Waals surface area contributed by atoms with Crippen LogP contribution in [0.3, 0.4) is 0 Å². The fourth-order valence-corrected chi connectivity index (χ4v) is 3.20. The summed E-state index contributed by atoms with van der Waals surface area (Å²) >= 11 is 0. The van der Waals surface area contributed by atoms with Gasteiger partial charge in [0.1, 0.15) is 0 Å². The number of rotatable bonds is 5. The number of nitriles is 1. The number of hydrogen-bond acceptors (Lipinski definition) is 4. The Morgan fingerprint density at radius 2 is 1.76 bits per heavy atom. The van der Waals surface area contributed by atoms with Gasteiger partial charge in [-0.2, -0.15) is 13.7 Å². The highest BCUT2D eigenvalue weighted by atomic mass is 32.2. The summed E-state index contributed by atoms with van der Waals surface area (Å²) in [6, 6.07) is 5.34. The fraction of sp³-hybridized carbons (Fsp3) is 0.467. The molecule has 0 bridgehead atoms. The molecule has 0 aliphatic rings. The van der Waals surface area contributed by atoms with Crippen molar-refractivity contribution in [3.05, 3.63) is 28.8 Å². The summed E-state index contributed by atoms with van der Waals surface area (Å²) in [4.78, 5) is 0.133. The van der Waals surface area contributed by atoms with Crippen molar-refractivity contribution >= 4 is 16.4 Å². The molecule has 0 fully saturated rings. The average Bonchev–Trinajstić information content (AvgIpc) is 2.43. The van der Waals surface area contributed by atoms with Gasteiger partial charge in [-0.1, -0.05) is 27.7 Å². The van der Waals surface area contributed by atoms with Crippen molar-refractivity contribution in [1.82, 2.24) is 0 Å². The number of methoxy groups -OCH3 is 1. The SMILES string of the molecule is CO/C=N\S(=O)(=O)c1cc(C(C)C)c(C#N)cc1C(C)C. The Bertz CT molecular complexity index is 684. The maximum absolute atomic E-state index is 12.3. The average molecular weight is 308 g/mol. The minimum absolute atomic E-state index is 0.0409. The van der Waals surface area contributed by atoms with Gasteiger partial charge in [0.05, 0.1) is 23.6 Å². The summed E-state index contributed by atoms with van der Waals surface area (Å²) in [5.41, 5.74) is 1.79. The first-order valence-electron chi connectivity index (χ1n) is 6.64. The second-order valence-corrected chi connectivity index (χ2v) is 6.92. The molecular formula is C15H20N2O3S. The van der Waals surface area contributed by atoms with Crippen LogP contribution >= 0.6 is 0 Å². The van der Waals surface area contributed by atoms with Gasteiger partial charge in [-0.15, -0.1) is 4.40 Å². The summed E-state index contributed by atoms with van der Waals surface area (Å²) in [6.45, 7) is 7.59. The third kappa shape index (κ3) is 3.82. The van der Waals surface area contributed by atoms with E-state index in [1.807, 2.05) is 27.7 Å². The zero-order chi connectivity index (χ0) is 16.2. The second kappa shape index (κ2) is 6.72. The van der Waals surface area contributed by atoms with Gasteiger partial charge < -0.3 is 4.74 Å². The quantitative estimate of drug-likeness (QED) is 0.618. The van der Waals surface area contributed by atoms with Crippen LogP contribution in [0.5, 0.6) is 0 Å². The minimum Gasteiger partial charge on any atom is -0.486 e. The molecule has 0 saturated carbocycles. The van der Waals surface area contributed by atoms with Crippen molar-refractivity contribution < 1.29 is 13.2 Å². The molecule has 0 amide bonds. The molecule has 0 unspecified atom stereocenters. The van der Waals surface area contributed by atoms with Crippen molar-refractivity contribution in [2.75, 3.05) is 7.11 Å². The van der Waals surface area contributed by atoms with Crippen molar-refractivity contribution in [2.24, 2.45) is 4.40 Å². The van der Waals surface area contributed by atoms with Gasteiger partial charge in [0.25, 0.3) is 10.0 Å². The van der Waals surface area contributed by atoms with Crippen LogP contribution in [0, 0.1) is 11.3 Å². The molecule has 1 aromatic carbocycles. The van der Waals surface area contributed by atoms with E-state index in [1.54, 1.807) is 12.1 Å². The first-order valence-corrected chi connectivity index (χ1v) is 8.08. The summed E-state index contributed by atoms with van der Waals surface area (Å²) in [5, 5.41) is 9.26. The molecule has 0 aliphatic carbocycles. The largest absolute Gasteiger partial charge is 0.486 e. The van der Waals surface area contributed by atoms with Crippen LogP contribution in [0.25, 0.3) is 0 Å². The van der Waals surface area contributed by atoms with Crippen LogP contribution in [-0.2, 0) is 14.8 Å². The third-order valence-corrected chi connectivity index (χ3v) is 4.38. The maximum Gasteiger partial charge on any atom is 0.285 e. The lowest BCUT2D eigenvalue weighted by Gasteiger charge is -2.16. The zero-order valence-corrected chi connectivity index (χ0v) is 13.7. The number of hydrogen-bond donors (Lipinski definition) is 0. The Morgan fingerprint density at radius 3 is 2.19 bits per heavy atom. The Kier molecular flexibility index (Phi) is 5.50. The smallest absolute Gasteiger partial charge is 0.285 e. The second-order valence-electron chi connectivity index (χ2n) is 5.32. The lowest BCUT2D eigenvalue weighted by Crippen LogP contribution is -2.07. The van der Waals surface area contributed by atoms with Crippen molar-refractivity contribution in [3.8, 4) is 6.07 Å². The van der Waals surface area contributed by atoms with E-state index in [4.69, 9.17) is 0 Å². The van der Waals surface area contributed by atoms with Crippen LogP contribution in [0.4, 0.5) is 0 Å². The highest BCUT2D eigenvalue weighted by molar-refractivity contribution is 7.90. The highest BCUT2D eigenvalue weighted by Crippen LogP contribution is 2.31. The van der Waals surface area contributed by atoms with E-state index in [0.717, 1.165) is 6.40 Å². The zero-order valence-electron chi connectivity index (χ0n) is 12.9. The van der Waals surface area contributed by atoms with Gasteiger partial charge in [0, 0.05) is 0 Å². The van der Waals surface area contributed by atoms with E-state index in [2.05, 4.69) is 15.2 Å². The van der Waals surface area contributed by atoms with E-state index >= 15 is 0 Å². The fourth-order valence-electron chi connectivity index (χ4n) is 2.02. The van der Waals surface area contributed by atoms with Gasteiger partial charge in [-0.05, 0) is 35.1 Å². The molecule has 21 heavy (non-hydrogen) atoms. The lowest BCUT2D eigenvalue weighted by molar-refractivity contribution is 0.423. The molecular weight excluding hydrogens is 288 g/mol. The van der Waals surface area contributed by atoms with Gasteiger partial charge in [0.2, 0.25) is 0 Å². The van der Waals surface area contributed by atoms with E-state index in [1.165, 1.54) is 7.11 Å². The van der Waals surface area contributed by atoms with Crippen molar-refractivity contribution in [2.45, 2.75) is 44.4 Å². The number of ether oxygens (including phenoxy) is 1. The first kappa shape index (κ1) is 17.2. The van der Waals surface area contributed by atoms with Gasteiger partial charge >= 0.3 is 0 Å². The summed E-state index contributed by atoms with van der Waals surface area (Å²) in [7, 11) is -2.51. The van der Waals surface area contributed by atoms with Crippen molar-refractivity contribution in [3.63, 3.8) is 0 Å². The molecule has 0 heterocycles. The lowest BCUT2D eigenvalue weighted by atomic mass is 9.92. The molecule has 0 saturated heterocycles. The van der Waals surface area contributed by atoms with Gasteiger partial charge in [-0.3, -0.25) is 0 Å². The molecule has 1 aromatic rings. The van der Waals surface area contributed by atoms with Gasteiger partial charge in [0.15, 0.2) is 6.40 Å². The summed E-state index contributed by atoms with van der Waals surface area (Å²) in [5.74, 6) is 0.00190. The predicted octanol–water partition coefficient (Wildman–Crippen LogP) is 3.17. The van der Waals surface area contributed by atoms with E-state index in [9.17, 15) is 13.7 Å². The Balaban J connectivity index is 3.68. The summed E-state index contributed by atoms with van der Waals surface area (Å²) < 4.78 is 32.7. The first-order chi connectivity index (χ1) is 9.74. The Morgan fingerprint density at radius 1 is 1.19 bits per heavy atom. The Labute approximate surface area is 126 Å². The standard InChI is InChI=1S/C15H20N2O3S/c1-10(2)13-7-15(21(18,19)17-9-20-5)14(11(3)4)6-12(13)8-16/h6-7,9-11H,1-5H3/b17-9-. The molecule has 0 aromatic heterocycles.